The third kappa shape index (κ3) is 21.7. The van der Waals surface area contributed by atoms with Crippen LogP contribution in [0.1, 0.15) is 97.3 Å². The normalized spacial score (nSPS) is 29.0. The van der Waals surface area contributed by atoms with Crippen LogP contribution in [0.3, 0.4) is 0 Å². The van der Waals surface area contributed by atoms with Gasteiger partial charge < -0.3 is 65.1 Å². The van der Waals surface area contributed by atoms with Crippen LogP contribution in [-0.2, 0) is 23.7 Å². The molecule has 14 nitrogen and oxygen atoms in total. The van der Waals surface area contributed by atoms with Gasteiger partial charge >= 0.3 is 0 Å². The fourth-order valence-electron chi connectivity index (χ4n) is 6.38. The summed E-state index contributed by atoms with van der Waals surface area (Å²) < 4.78 is 22.4. The zero-order valence-corrected chi connectivity index (χ0v) is 36.1. The Hall–Kier alpha value is -3.09. The molecule has 2 aliphatic rings. The standard InChI is InChI=1S/C47H75NO13/c1-3-5-7-9-10-11-12-13-14-15-16-17-18-19-20-21-22-23-24-25-26-27-29-31-39(52)48-35(36(51)30-28-8-6-4-2)34-58-46-44(57)42(55)45(38(33-50)60-46)61-47-43(56)41(54)40(53)37(32-49)59-47/h5,7,10-11,13-14,16-17,19-20,22-23,25-26,28,30,35-38,40-47,49-51,53-57H,3-4,6,8-9,12,15,18,21,24,27,29,31-34H2,1-2H3,(H,48,52)/b7-5-,11-10-,14-13-,17-16-,20-19-,23-22-,26-25-,30-28+. The Labute approximate surface area is 363 Å². The Morgan fingerprint density at radius 2 is 1.10 bits per heavy atom. The number of aliphatic hydroxyl groups is 8. The highest BCUT2D eigenvalue weighted by molar-refractivity contribution is 5.76. The van der Waals surface area contributed by atoms with E-state index in [1.165, 1.54) is 0 Å². The first kappa shape index (κ1) is 54.0. The van der Waals surface area contributed by atoms with Gasteiger partial charge in [0.25, 0.3) is 0 Å². The van der Waals surface area contributed by atoms with Gasteiger partial charge in [-0.05, 0) is 64.2 Å². The number of unbranched alkanes of at least 4 members (excludes halogenated alkanes) is 3. The highest BCUT2D eigenvalue weighted by atomic mass is 16.7. The predicted octanol–water partition coefficient (Wildman–Crippen LogP) is 4.03. The molecule has 2 fully saturated rings. The van der Waals surface area contributed by atoms with E-state index in [-0.39, 0.29) is 18.9 Å². The summed E-state index contributed by atoms with van der Waals surface area (Å²) in [6, 6.07) is -0.947. The summed E-state index contributed by atoms with van der Waals surface area (Å²) in [6.45, 7) is 2.41. The van der Waals surface area contributed by atoms with Gasteiger partial charge in [-0.3, -0.25) is 4.79 Å². The number of hydrogen-bond donors (Lipinski definition) is 9. The molecule has 0 spiro atoms. The van der Waals surface area contributed by atoms with Crippen molar-refractivity contribution in [1.82, 2.24) is 5.32 Å². The van der Waals surface area contributed by atoms with E-state index in [4.69, 9.17) is 18.9 Å². The monoisotopic (exact) mass is 862 g/mol. The molecule has 0 aromatic carbocycles. The second-order valence-electron chi connectivity index (χ2n) is 15.1. The Kier molecular flexibility index (Phi) is 29.6. The van der Waals surface area contributed by atoms with Crippen molar-refractivity contribution >= 4 is 5.91 Å². The van der Waals surface area contributed by atoms with E-state index in [1.54, 1.807) is 6.08 Å². The summed E-state index contributed by atoms with van der Waals surface area (Å²) >= 11 is 0. The van der Waals surface area contributed by atoms with Crippen LogP contribution in [0.25, 0.3) is 0 Å². The van der Waals surface area contributed by atoms with Crippen molar-refractivity contribution in [3.05, 3.63) is 97.2 Å². The van der Waals surface area contributed by atoms with Crippen LogP contribution >= 0.6 is 0 Å². The Morgan fingerprint density at radius 3 is 1.62 bits per heavy atom. The van der Waals surface area contributed by atoms with Gasteiger partial charge in [0.1, 0.15) is 48.8 Å². The molecule has 0 aliphatic carbocycles. The zero-order valence-electron chi connectivity index (χ0n) is 36.1. The van der Waals surface area contributed by atoms with Crippen LogP contribution in [0, 0.1) is 0 Å². The summed E-state index contributed by atoms with van der Waals surface area (Å²) in [5.74, 6) is -0.314. The fourth-order valence-corrected chi connectivity index (χ4v) is 6.38. The van der Waals surface area contributed by atoms with E-state index in [9.17, 15) is 45.6 Å². The minimum Gasteiger partial charge on any atom is -0.394 e. The minimum atomic E-state index is -1.80. The van der Waals surface area contributed by atoms with Gasteiger partial charge in [-0.15, -0.1) is 0 Å². The molecule has 2 heterocycles. The highest BCUT2D eigenvalue weighted by Crippen LogP contribution is 2.29. The maximum Gasteiger partial charge on any atom is 0.220 e. The van der Waals surface area contributed by atoms with Crippen molar-refractivity contribution in [2.45, 2.75) is 171 Å². The lowest BCUT2D eigenvalue weighted by Gasteiger charge is -2.46. The number of carbonyl (C=O) groups is 1. The van der Waals surface area contributed by atoms with Crippen molar-refractivity contribution in [1.29, 1.82) is 0 Å². The SMILES string of the molecule is CC/C=C\C/C=C\C/C=C\C/C=C\C/C=C\C/C=C\C/C=C\CCCC(=O)NC(COC1OC(CO)C(OC2OC(CO)C(O)C(O)C2O)C(O)C1O)C(O)/C=C/CCCC. The van der Waals surface area contributed by atoms with Crippen LogP contribution in [0.15, 0.2) is 97.2 Å². The Morgan fingerprint density at radius 1 is 0.607 bits per heavy atom. The van der Waals surface area contributed by atoms with Gasteiger partial charge in [0.2, 0.25) is 5.91 Å². The predicted molar refractivity (Wildman–Crippen MR) is 235 cm³/mol. The first-order valence-corrected chi connectivity index (χ1v) is 22.0. The van der Waals surface area contributed by atoms with Crippen LogP contribution in [-0.4, -0.2) is 140 Å². The number of amides is 1. The Bertz CT molecular complexity index is 1390. The average molecular weight is 862 g/mol. The molecule has 0 saturated carbocycles. The molecule has 9 N–H and O–H groups in total. The number of hydrogen-bond acceptors (Lipinski definition) is 13. The van der Waals surface area contributed by atoms with Crippen LogP contribution in [0.2, 0.25) is 0 Å². The molecule has 2 aliphatic heterocycles. The summed E-state index contributed by atoms with van der Waals surface area (Å²) in [6.07, 6.45) is 26.9. The number of allylic oxidation sites excluding steroid dienone is 15. The molecular weight excluding hydrogens is 787 g/mol. The number of carbonyl (C=O) groups excluding carboxylic acids is 1. The highest BCUT2D eigenvalue weighted by Gasteiger charge is 2.50. The molecule has 61 heavy (non-hydrogen) atoms. The zero-order chi connectivity index (χ0) is 44.7. The smallest absolute Gasteiger partial charge is 0.220 e. The molecule has 0 radical (unpaired) electrons. The van der Waals surface area contributed by atoms with Crippen molar-refractivity contribution < 1.29 is 64.6 Å². The van der Waals surface area contributed by atoms with Gasteiger partial charge in [-0.2, -0.15) is 0 Å². The van der Waals surface area contributed by atoms with E-state index in [0.29, 0.717) is 12.8 Å². The Balaban J connectivity index is 1.78. The van der Waals surface area contributed by atoms with E-state index < -0.39 is 86.8 Å². The van der Waals surface area contributed by atoms with Crippen molar-refractivity contribution in [2.75, 3.05) is 19.8 Å². The van der Waals surface area contributed by atoms with Crippen molar-refractivity contribution in [2.24, 2.45) is 0 Å². The second-order valence-corrected chi connectivity index (χ2v) is 15.1. The summed E-state index contributed by atoms with van der Waals surface area (Å²) in [7, 11) is 0. The molecule has 346 valence electrons. The van der Waals surface area contributed by atoms with Crippen LogP contribution in [0.5, 0.6) is 0 Å². The minimum absolute atomic E-state index is 0.192. The van der Waals surface area contributed by atoms with E-state index in [2.05, 4.69) is 91.2 Å². The van der Waals surface area contributed by atoms with Crippen LogP contribution < -0.4 is 5.32 Å². The molecule has 0 bridgehead atoms. The molecule has 14 heteroatoms. The lowest BCUT2D eigenvalue weighted by atomic mass is 9.97. The summed E-state index contributed by atoms with van der Waals surface area (Å²) in [5, 5.41) is 85.7. The molecule has 0 aromatic heterocycles. The molecule has 12 atom stereocenters. The lowest BCUT2D eigenvalue weighted by molar-refractivity contribution is -0.359. The molecule has 12 unspecified atom stereocenters. The van der Waals surface area contributed by atoms with Gasteiger partial charge in [0, 0.05) is 6.42 Å². The van der Waals surface area contributed by atoms with Crippen LogP contribution in [0.4, 0.5) is 0 Å². The van der Waals surface area contributed by atoms with Crippen molar-refractivity contribution in [3.63, 3.8) is 0 Å². The number of aliphatic hydroxyl groups excluding tert-OH is 8. The summed E-state index contributed by atoms with van der Waals surface area (Å²) in [5.41, 5.74) is 0. The third-order valence-corrected chi connectivity index (χ3v) is 10.0. The van der Waals surface area contributed by atoms with Crippen molar-refractivity contribution in [3.8, 4) is 0 Å². The molecule has 2 rings (SSSR count). The summed E-state index contributed by atoms with van der Waals surface area (Å²) in [4.78, 5) is 13.0. The quantitative estimate of drug-likeness (QED) is 0.0368. The first-order chi connectivity index (χ1) is 29.6. The second kappa shape index (κ2) is 33.5. The van der Waals surface area contributed by atoms with Gasteiger partial charge in [0.15, 0.2) is 12.6 Å². The van der Waals surface area contributed by atoms with E-state index >= 15 is 0 Å². The van der Waals surface area contributed by atoms with E-state index in [0.717, 1.165) is 64.2 Å². The molecule has 0 aromatic rings. The molecule has 1 amide bonds. The topological polar surface area (TPSA) is 228 Å². The number of ether oxygens (including phenoxy) is 4. The number of rotatable bonds is 30. The first-order valence-electron chi connectivity index (χ1n) is 22.0. The molecule has 2 saturated heterocycles. The molecular formula is C47H75NO13. The van der Waals surface area contributed by atoms with Gasteiger partial charge in [-0.1, -0.05) is 124 Å². The maximum atomic E-state index is 13.0. The third-order valence-electron chi connectivity index (χ3n) is 10.0. The van der Waals surface area contributed by atoms with Gasteiger partial charge in [-0.25, -0.2) is 0 Å². The maximum absolute atomic E-state index is 13.0. The lowest BCUT2D eigenvalue weighted by Crippen LogP contribution is -2.65. The van der Waals surface area contributed by atoms with Gasteiger partial charge in [0.05, 0.1) is 32.0 Å². The van der Waals surface area contributed by atoms with E-state index in [1.807, 2.05) is 19.1 Å². The largest absolute Gasteiger partial charge is 0.394 e. The fraction of sp³-hybridized carbons (Fsp3) is 0.638. The number of nitrogens with one attached hydrogen (secondary N) is 1. The average Bonchev–Trinajstić information content (AvgIpc) is 3.26.